The molecule has 0 aliphatic heterocycles. The van der Waals surface area contributed by atoms with Crippen LogP contribution >= 0.6 is 12.2 Å². The number of amides is 1. The van der Waals surface area contributed by atoms with Gasteiger partial charge in [-0.25, -0.2) is 0 Å². The van der Waals surface area contributed by atoms with Crippen LogP contribution in [0.5, 0.6) is 17.2 Å². The number of rotatable bonds is 8. The smallest absolute Gasteiger partial charge is 0.245 e. The van der Waals surface area contributed by atoms with Gasteiger partial charge < -0.3 is 30.2 Å². The molecule has 0 aliphatic rings. The number of carbonyl (C=O) groups excluding carboxylic acids is 1. The molecular formula is C25H33N3O4S. The third kappa shape index (κ3) is 7.39. The van der Waals surface area contributed by atoms with Crippen LogP contribution in [0.3, 0.4) is 0 Å². The van der Waals surface area contributed by atoms with Crippen LogP contribution in [-0.4, -0.2) is 38.5 Å². The summed E-state index contributed by atoms with van der Waals surface area (Å²) in [5.74, 6) is 1.25. The summed E-state index contributed by atoms with van der Waals surface area (Å²) in [7, 11) is 4.64. The first-order chi connectivity index (χ1) is 15.6. The molecule has 8 heteroatoms. The number of anilines is 1. The summed E-state index contributed by atoms with van der Waals surface area (Å²) in [6, 6.07) is 11.4. The Kier molecular flexibility index (Phi) is 9.11. The number of ether oxygens (including phenoxy) is 3. The summed E-state index contributed by atoms with van der Waals surface area (Å²) < 4.78 is 16.1. The van der Waals surface area contributed by atoms with Crippen LogP contribution in [0, 0.1) is 12.3 Å². The van der Waals surface area contributed by atoms with Gasteiger partial charge in [0.1, 0.15) is 6.17 Å². The second kappa shape index (κ2) is 11.6. The molecule has 0 fully saturated rings. The third-order valence-electron chi connectivity index (χ3n) is 4.94. The number of benzene rings is 2. The van der Waals surface area contributed by atoms with Gasteiger partial charge in [-0.3, -0.25) is 4.79 Å². The highest BCUT2D eigenvalue weighted by Gasteiger charge is 2.26. The average molecular weight is 472 g/mol. The minimum Gasteiger partial charge on any atom is -0.493 e. The van der Waals surface area contributed by atoms with E-state index in [1.54, 1.807) is 39.5 Å². The molecule has 0 bridgehead atoms. The summed E-state index contributed by atoms with van der Waals surface area (Å²) in [6.45, 7) is 8.06. The molecule has 1 atom stereocenters. The molecule has 0 aromatic heterocycles. The lowest BCUT2D eigenvalue weighted by Crippen LogP contribution is -2.55. The Morgan fingerprint density at radius 2 is 1.61 bits per heavy atom. The number of thiocarbonyl (C=S) groups is 1. The van der Waals surface area contributed by atoms with Gasteiger partial charge in [0.05, 0.1) is 21.3 Å². The van der Waals surface area contributed by atoms with E-state index in [0.29, 0.717) is 22.4 Å². The van der Waals surface area contributed by atoms with E-state index < -0.39 is 6.17 Å². The third-order valence-corrected chi connectivity index (χ3v) is 5.16. The Balaban J connectivity index is 2.12. The van der Waals surface area contributed by atoms with E-state index >= 15 is 0 Å². The molecular weight excluding hydrogens is 438 g/mol. The molecule has 2 aromatic carbocycles. The maximum Gasteiger partial charge on any atom is 0.245 e. The predicted octanol–water partition coefficient (Wildman–Crippen LogP) is 4.51. The molecule has 0 aliphatic carbocycles. The van der Waals surface area contributed by atoms with Crippen LogP contribution in [0.15, 0.2) is 42.5 Å². The Hall–Kier alpha value is -3.26. The van der Waals surface area contributed by atoms with Crippen LogP contribution in [0.1, 0.15) is 31.9 Å². The first kappa shape index (κ1) is 26.0. The maximum atomic E-state index is 12.7. The number of nitrogens with one attached hydrogen (secondary N) is 3. The zero-order valence-electron chi connectivity index (χ0n) is 20.2. The van der Waals surface area contributed by atoms with Gasteiger partial charge in [-0.1, -0.05) is 39.0 Å². The van der Waals surface area contributed by atoms with Crippen molar-refractivity contribution >= 4 is 35.0 Å². The highest BCUT2D eigenvalue weighted by Crippen LogP contribution is 2.38. The molecule has 3 N–H and O–H groups in total. The molecule has 0 radical (unpaired) electrons. The molecule has 2 aromatic rings. The van der Waals surface area contributed by atoms with Crippen molar-refractivity contribution in [2.45, 2.75) is 33.9 Å². The first-order valence-electron chi connectivity index (χ1n) is 10.5. The Bertz CT molecular complexity index is 990. The van der Waals surface area contributed by atoms with Crippen molar-refractivity contribution in [1.29, 1.82) is 0 Å². The highest BCUT2D eigenvalue weighted by molar-refractivity contribution is 7.80. The molecule has 0 saturated heterocycles. The quantitative estimate of drug-likeness (QED) is 0.297. The monoisotopic (exact) mass is 471 g/mol. The summed E-state index contributed by atoms with van der Waals surface area (Å²) in [5, 5.41) is 9.82. The fraction of sp³-hybridized carbons (Fsp3) is 0.360. The number of aryl methyl sites for hydroxylation is 1. The molecule has 1 unspecified atom stereocenters. The molecule has 0 heterocycles. The molecule has 178 valence electrons. The molecule has 7 nitrogen and oxygen atoms in total. The van der Waals surface area contributed by atoms with E-state index in [1.807, 2.05) is 52.0 Å². The summed E-state index contributed by atoms with van der Waals surface area (Å²) >= 11 is 5.48. The van der Waals surface area contributed by atoms with Gasteiger partial charge in [-0.05, 0) is 54.5 Å². The van der Waals surface area contributed by atoms with Crippen molar-refractivity contribution in [3.63, 3.8) is 0 Å². The molecule has 0 spiro atoms. The maximum absolute atomic E-state index is 12.7. The molecule has 0 saturated carbocycles. The van der Waals surface area contributed by atoms with Gasteiger partial charge in [0, 0.05) is 17.2 Å². The van der Waals surface area contributed by atoms with E-state index in [9.17, 15) is 4.79 Å². The number of hydrogen-bond donors (Lipinski definition) is 3. The lowest BCUT2D eigenvalue weighted by molar-refractivity contribution is -0.118. The zero-order valence-corrected chi connectivity index (χ0v) is 21.1. The number of hydrogen-bond acceptors (Lipinski definition) is 5. The standard InChI is InChI=1S/C25H33N3O4S/c1-16-10-8-9-11-18(16)26-24(33)28-23(25(2,3)4)27-21(29)13-12-17-14-19(30-5)22(32-7)20(15-17)31-6/h8-15,23H,1-7H3,(H,27,29)(H2,26,28,33). The highest BCUT2D eigenvalue weighted by atomic mass is 32.1. The van der Waals surface area contributed by atoms with E-state index in [-0.39, 0.29) is 11.3 Å². The second-order valence-corrected chi connectivity index (χ2v) is 8.92. The van der Waals surface area contributed by atoms with Crippen molar-refractivity contribution in [3.05, 3.63) is 53.6 Å². The fourth-order valence-corrected chi connectivity index (χ4v) is 3.26. The summed E-state index contributed by atoms with van der Waals surface area (Å²) in [5.41, 5.74) is 2.42. The summed E-state index contributed by atoms with van der Waals surface area (Å²) in [6.07, 6.45) is 2.74. The lowest BCUT2D eigenvalue weighted by Gasteiger charge is -2.33. The number of methoxy groups -OCH3 is 3. The zero-order chi connectivity index (χ0) is 24.6. The topological polar surface area (TPSA) is 80.9 Å². The minimum atomic E-state index is -0.404. The fourth-order valence-electron chi connectivity index (χ4n) is 3.03. The Morgan fingerprint density at radius 3 is 2.12 bits per heavy atom. The largest absolute Gasteiger partial charge is 0.493 e. The van der Waals surface area contributed by atoms with Crippen molar-refractivity contribution in [3.8, 4) is 17.2 Å². The van der Waals surface area contributed by atoms with E-state index in [0.717, 1.165) is 16.8 Å². The van der Waals surface area contributed by atoms with Crippen LogP contribution in [-0.2, 0) is 4.79 Å². The van der Waals surface area contributed by atoms with Crippen LogP contribution in [0.2, 0.25) is 0 Å². The SMILES string of the molecule is COc1cc(C=CC(=O)NC(NC(=S)Nc2ccccc2C)C(C)(C)C)cc(OC)c1OC. The summed E-state index contributed by atoms with van der Waals surface area (Å²) in [4.78, 5) is 12.7. The van der Waals surface area contributed by atoms with E-state index in [1.165, 1.54) is 6.08 Å². The van der Waals surface area contributed by atoms with Gasteiger partial charge in [-0.2, -0.15) is 0 Å². The van der Waals surface area contributed by atoms with E-state index in [4.69, 9.17) is 26.4 Å². The van der Waals surface area contributed by atoms with E-state index in [2.05, 4.69) is 16.0 Å². The van der Waals surface area contributed by atoms with Crippen LogP contribution < -0.4 is 30.2 Å². The van der Waals surface area contributed by atoms with Crippen molar-refractivity contribution in [2.24, 2.45) is 5.41 Å². The first-order valence-corrected chi connectivity index (χ1v) is 10.9. The van der Waals surface area contributed by atoms with Crippen molar-refractivity contribution in [1.82, 2.24) is 10.6 Å². The van der Waals surface area contributed by atoms with Crippen LogP contribution in [0.4, 0.5) is 5.69 Å². The Morgan fingerprint density at radius 1 is 1.00 bits per heavy atom. The normalized spacial score (nSPS) is 12.1. The Labute approximate surface area is 201 Å². The van der Waals surface area contributed by atoms with Gasteiger partial charge in [0.25, 0.3) is 0 Å². The second-order valence-electron chi connectivity index (χ2n) is 8.51. The van der Waals surface area contributed by atoms with Crippen LogP contribution in [0.25, 0.3) is 6.08 Å². The number of para-hydroxylation sites is 1. The van der Waals surface area contributed by atoms with Gasteiger partial charge in [-0.15, -0.1) is 0 Å². The molecule has 33 heavy (non-hydrogen) atoms. The van der Waals surface area contributed by atoms with Gasteiger partial charge in [0.15, 0.2) is 16.6 Å². The molecule has 1 amide bonds. The van der Waals surface area contributed by atoms with Gasteiger partial charge >= 0.3 is 0 Å². The van der Waals surface area contributed by atoms with Gasteiger partial charge in [0.2, 0.25) is 11.7 Å². The van der Waals surface area contributed by atoms with Crippen molar-refractivity contribution < 1.29 is 19.0 Å². The van der Waals surface area contributed by atoms with Crippen molar-refractivity contribution in [2.75, 3.05) is 26.6 Å². The minimum absolute atomic E-state index is 0.269. The number of carbonyl (C=O) groups is 1. The average Bonchev–Trinajstić information content (AvgIpc) is 2.77. The predicted molar refractivity (Wildman–Crippen MR) is 137 cm³/mol. The molecule has 2 rings (SSSR count). The lowest BCUT2D eigenvalue weighted by atomic mass is 9.92.